The highest BCUT2D eigenvalue weighted by Crippen LogP contribution is 2.16. The van der Waals surface area contributed by atoms with Crippen LogP contribution in [0.5, 0.6) is 0 Å². The number of nitrogens with two attached hydrogens (primary N) is 1. The van der Waals surface area contributed by atoms with Gasteiger partial charge in [-0.2, -0.15) is 5.10 Å². The molecule has 2 heterocycles. The van der Waals surface area contributed by atoms with E-state index < -0.39 is 0 Å². The summed E-state index contributed by atoms with van der Waals surface area (Å²) >= 11 is 0. The summed E-state index contributed by atoms with van der Waals surface area (Å²) in [5.74, 6) is 0.778. The molecule has 1 fully saturated rings. The number of nitrogens with zero attached hydrogens (tertiary/aromatic N) is 2. The number of aromatic amines is 1. The summed E-state index contributed by atoms with van der Waals surface area (Å²) in [4.78, 5) is 13.3. The molecule has 1 aromatic rings. The Morgan fingerprint density at radius 3 is 3.07 bits per heavy atom. The molecule has 0 radical (unpaired) electrons. The van der Waals surface area contributed by atoms with Gasteiger partial charge in [0.25, 0.3) is 0 Å². The standard InChI is InChI=1S/C9H14N4O/c10-9-7(5-11-12-9)6-13-4-2-1-3-8(13)14/h5H,1-4,6H2,(H3,10,11,12). The first-order valence-electron chi connectivity index (χ1n) is 4.83. The van der Waals surface area contributed by atoms with E-state index in [1.54, 1.807) is 6.20 Å². The number of piperidine rings is 1. The summed E-state index contributed by atoms with van der Waals surface area (Å²) in [6.45, 7) is 1.42. The Hall–Kier alpha value is -1.52. The molecule has 0 atom stereocenters. The molecule has 0 bridgehead atoms. The Balaban J connectivity index is 2.03. The highest BCUT2D eigenvalue weighted by Gasteiger charge is 2.19. The van der Waals surface area contributed by atoms with E-state index in [-0.39, 0.29) is 5.91 Å². The van der Waals surface area contributed by atoms with Gasteiger partial charge in [0.1, 0.15) is 5.82 Å². The number of nitrogens with one attached hydrogen (secondary N) is 1. The van der Waals surface area contributed by atoms with E-state index in [9.17, 15) is 4.79 Å². The smallest absolute Gasteiger partial charge is 0.222 e. The lowest BCUT2D eigenvalue weighted by atomic mass is 10.1. The summed E-state index contributed by atoms with van der Waals surface area (Å²) in [5, 5.41) is 6.49. The van der Waals surface area contributed by atoms with E-state index >= 15 is 0 Å². The number of amides is 1. The van der Waals surface area contributed by atoms with Gasteiger partial charge in [0.2, 0.25) is 5.91 Å². The summed E-state index contributed by atoms with van der Waals surface area (Å²) in [6, 6.07) is 0. The van der Waals surface area contributed by atoms with Gasteiger partial charge in [0.05, 0.1) is 12.7 Å². The molecular formula is C9H14N4O. The van der Waals surface area contributed by atoms with E-state index in [4.69, 9.17) is 5.73 Å². The van der Waals surface area contributed by atoms with Crippen molar-refractivity contribution in [3.63, 3.8) is 0 Å². The average Bonchev–Trinajstić information content (AvgIpc) is 2.56. The van der Waals surface area contributed by atoms with Crippen LogP contribution in [-0.2, 0) is 11.3 Å². The minimum Gasteiger partial charge on any atom is -0.384 e. The third-order valence-corrected chi connectivity index (χ3v) is 2.53. The molecule has 5 nitrogen and oxygen atoms in total. The molecule has 1 aliphatic rings. The van der Waals surface area contributed by atoms with Crippen molar-refractivity contribution in [3.8, 4) is 0 Å². The highest BCUT2D eigenvalue weighted by molar-refractivity contribution is 5.76. The molecule has 14 heavy (non-hydrogen) atoms. The van der Waals surface area contributed by atoms with Crippen LogP contribution >= 0.6 is 0 Å². The average molecular weight is 194 g/mol. The van der Waals surface area contributed by atoms with Crippen LogP contribution in [0.4, 0.5) is 5.82 Å². The van der Waals surface area contributed by atoms with Crippen LogP contribution in [-0.4, -0.2) is 27.5 Å². The fourth-order valence-electron chi connectivity index (χ4n) is 1.68. The molecule has 0 aromatic carbocycles. The molecule has 0 aliphatic carbocycles. The lowest BCUT2D eigenvalue weighted by Gasteiger charge is -2.26. The molecule has 3 N–H and O–H groups in total. The number of anilines is 1. The largest absolute Gasteiger partial charge is 0.384 e. The number of carbonyl (C=O) groups is 1. The Kier molecular flexibility index (Phi) is 2.39. The maximum Gasteiger partial charge on any atom is 0.222 e. The molecule has 2 rings (SSSR count). The van der Waals surface area contributed by atoms with Crippen LogP contribution in [0.25, 0.3) is 0 Å². The maximum absolute atomic E-state index is 11.5. The van der Waals surface area contributed by atoms with Crippen molar-refractivity contribution in [3.05, 3.63) is 11.8 Å². The summed E-state index contributed by atoms with van der Waals surface area (Å²) in [6.07, 6.45) is 4.44. The zero-order chi connectivity index (χ0) is 9.97. The SMILES string of the molecule is Nc1[nH]ncc1CN1CCCCC1=O. The molecule has 0 unspecified atom stereocenters. The van der Waals surface area contributed by atoms with Crippen LogP contribution in [0.2, 0.25) is 0 Å². The molecule has 1 saturated heterocycles. The minimum atomic E-state index is 0.219. The van der Waals surface area contributed by atoms with Gasteiger partial charge in [0, 0.05) is 18.5 Å². The molecule has 5 heteroatoms. The Morgan fingerprint density at radius 1 is 1.57 bits per heavy atom. The van der Waals surface area contributed by atoms with Crippen LogP contribution in [0.3, 0.4) is 0 Å². The maximum atomic E-state index is 11.5. The summed E-state index contributed by atoms with van der Waals surface area (Å²) < 4.78 is 0. The number of hydrogen-bond acceptors (Lipinski definition) is 3. The normalized spacial score (nSPS) is 17.4. The number of H-pyrrole nitrogens is 1. The number of nitrogen functional groups attached to an aromatic ring is 1. The van der Waals surface area contributed by atoms with Crippen LogP contribution in [0, 0.1) is 0 Å². The lowest BCUT2D eigenvalue weighted by molar-refractivity contribution is -0.133. The van der Waals surface area contributed by atoms with Gasteiger partial charge in [-0.15, -0.1) is 0 Å². The zero-order valence-corrected chi connectivity index (χ0v) is 7.99. The van der Waals surface area contributed by atoms with Gasteiger partial charge in [-0.05, 0) is 12.8 Å². The van der Waals surface area contributed by atoms with Gasteiger partial charge in [-0.3, -0.25) is 9.89 Å². The van der Waals surface area contributed by atoms with Gasteiger partial charge >= 0.3 is 0 Å². The lowest BCUT2D eigenvalue weighted by Crippen LogP contribution is -2.34. The predicted molar refractivity (Wildman–Crippen MR) is 52.3 cm³/mol. The van der Waals surface area contributed by atoms with Crippen molar-refractivity contribution >= 4 is 11.7 Å². The highest BCUT2D eigenvalue weighted by atomic mass is 16.2. The summed E-state index contributed by atoms with van der Waals surface area (Å²) in [5.41, 5.74) is 6.55. The second-order valence-corrected chi connectivity index (χ2v) is 3.58. The number of hydrogen-bond donors (Lipinski definition) is 2. The minimum absolute atomic E-state index is 0.219. The van der Waals surface area contributed by atoms with E-state index in [0.717, 1.165) is 24.9 Å². The first-order chi connectivity index (χ1) is 6.77. The third-order valence-electron chi connectivity index (χ3n) is 2.53. The van der Waals surface area contributed by atoms with E-state index in [1.165, 1.54) is 0 Å². The molecule has 0 saturated carbocycles. The zero-order valence-electron chi connectivity index (χ0n) is 7.99. The van der Waals surface area contributed by atoms with Crippen molar-refractivity contribution in [2.75, 3.05) is 12.3 Å². The Morgan fingerprint density at radius 2 is 2.43 bits per heavy atom. The fraction of sp³-hybridized carbons (Fsp3) is 0.556. The number of aromatic nitrogens is 2. The monoisotopic (exact) mass is 194 g/mol. The number of rotatable bonds is 2. The number of carbonyl (C=O) groups excluding carboxylic acids is 1. The predicted octanol–water partition coefficient (Wildman–Crippen LogP) is 0.504. The molecule has 76 valence electrons. The van der Waals surface area contributed by atoms with Crippen molar-refractivity contribution in [1.29, 1.82) is 0 Å². The molecule has 1 aliphatic heterocycles. The van der Waals surface area contributed by atoms with Gasteiger partial charge < -0.3 is 10.6 Å². The summed E-state index contributed by atoms with van der Waals surface area (Å²) in [7, 11) is 0. The number of likely N-dealkylation sites (tertiary alicyclic amines) is 1. The quantitative estimate of drug-likeness (QED) is 0.720. The molecular weight excluding hydrogens is 180 g/mol. The Bertz CT molecular complexity index is 333. The first kappa shape index (κ1) is 9.05. The van der Waals surface area contributed by atoms with E-state index in [1.807, 2.05) is 4.90 Å². The van der Waals surface area contributed by atoms with Crippen molar-refractivity contribution < 1.29 is 4.79 Å². The van der Waals surface area contributed by atoms with Crippen LogP contribution in [0.15, 0.2) is 6.20 Å². The van der Waals surface area contributed by atoms with Gasteiger partial charge in [0.15, 0.2) is 0 Å². The van der Waals surface area contributed by atoms with Crippen molar-refractivity contribution in [2.45, 2.75) is 25.8 Å². The van der Waals surface area contributed by atoms with Crippen LogP contribution < -0.4 is 5.73 Å². The molecule has 1 amide bonds. The fourth-order valence-corrected chi connectivity index (χ4v) is 1.68. The van der Waals surface area contributed by atoms with Gasteiger partial charge in [-0.25, -0.2) is 0 Å². The Labute approximate surface area is 82.3 Å². The van der Waals surface area contributed by atoms with Crippen molar-refractivity contribution in [1.82, 2.24) is 15.1 Å². The first-order valence-corrected chi connectivity index (χ1v) is 4.83. The van der Waals surface area contributed by atoms with Gasteiger partial charge in [-0.1, -0.05) is 0 Å². The van der Waals surface area contributed by atoms with E-state index in [0.29, 0.717) is 18.8 Å². The second kappa shape index (κ2) is 3.69. The van der Waals surface area contributed by atoms with E-state index in [2.05, 4.69) is 10.2 Å². The second-order valence-electron chi connectivity index (χ2n) is 3.58. The third kappa shape index (κ3) is 1.71. The topological polar surface area (TPSA) is 75.0 Å². The molecule has 0 spiro atoms. The van der Waals surface area contributed by atoms with Crippen LogP contribution in [0.1, 0.15) is 24.8 Å². The van der Waals surface area contributed by atoms with Crippen molar-refractivity contribution in [2.24, 2.45) is 0 Å². The molecule has 1 aromatic heterocycles.